The van der Waals surface area contributed by atoms with Crippen LogP contribution in [0.5, 0.6) is 0 Å². The zero-order chi connectivity index (χ0) is 14.5. The molecule has 0 radical (unpaired) electrons. The maximum absolute atomic E-state index is 4.52. The Labute approximate surface area is 120 Å². The standard InChI is InChI=1S/C16H22N4/c1-5-8-13-9-6-7-10-14(13)20-16-11(2)15(17-4)18-12(3)19-16/h6-7,9-10H,5,8H2,1-4H3,(H2,17,18,19,20). The van der Waals surface area contributed by atoms with Crippen molar-refractivity contribution in [3.63, 3.8) is 0 Å². The molecular formula is C16H22N4. The largest absolute Gasteiger partial charge is 0.373 e. The van der Waals surface area contributed by atoms with E-state index in [-0.39, 0.29) is 0 Å². The van der Waals surface area contributed by atoms with Crippen LogP contribution in [-0.2, 0) is 6.42 Å². The molecule has 106 valence electrons. The molecule has 0 aliphatic rings. The molecule has 1 aromatic heterocycles. The Kier molecular flexibility index (Phi) is 4.56. The van der Waals surface area contributed by atoms with Gasteiger partial charge in [-0.15, -0.1) is 0 Å². The van der Waals surface area contributed by atoms with E-state index in [0.29, 0.717) is 0 Å². The average molecular weight is 270 g/mol. The van der Waals surface area contributed by atoms with Gasteiger partial charge in [-0.05, 0) is 31.9 Å². The molecule has 2 N–H and O–H groups in total. The molecule has 0 unspecified atom stereocenters. The highest BCUT2D eigenvalue weighted by atomic mass is 15.1. The first-order valence-electron chi connectivity index (χ1n) is 7.03. The Morgan fingerprint density at radius 1 is 1.05 bits per heavy atom. The third-order valence-electron chi connectivity index (χ3n) is 3.28. The minimum Gasteiger partial charge on any atom is -0.373 e. The lowest BCUT2D eigenvalue weighted by Gasteiger charge is -2.15. The van der Waals surface area contributed by atoms with Gasteiger partial charge in [0.25, 0.3) is 0 Å². The Bertz CT molecular complexity index is 593. The lowest BCUT2D eigenvalue weighted by molar-refractivity contribution is 0.922. The molecule has 4 heteroatoms. The van der Waals surface area contributed by atoms with E-state index < -0.39 is 0 Å². The van der Waals surface area contributed by atoms with E-state index >= 15 is 0 Å². The van der Waals surface area contributed by atoms with Crippen molar-refractivity contribution in [3.8, 4) is 0 Å². The molecule has 0 saturated heterocycles. The van der Waals surface area contributed by atoms with Gasteiger partial charge in [0.15, 0.2) is 0 Å². The molecule has 2 rings (SSSR count). The zero-order valence-electron chi connectivity index (χ0n) is 12.6. The first-order chi connectivity index (χ1) is 9.65. The summed E-state index contributed by atoms with van der Waals surface area (Å²) >= 11 is 0. The number of nitrogens with one attached hydrogen (secondary N) is 2. The lowest BCUT2D eigenvalue weighted by Crippen LogP contribution is -2.06. The van der Waals surface area contributed by atoms with Crippen molar-refractivity contribution in [3.05, 3.63) is 41.2 Å². The van der Waals surface area contributed by atoms with Crippen molar-refractivity contribution in [2.24, 2.45) is 0 Å². The molecular weight excluding hydrogens is 248 g/mol. The molecule has 0 aliphatic heterocycles. The van der Waals surface area contributed by atoms with Gasteiger partial charge in [-0.2, -0.15) is 0 Å². The number of anilines is 3. The molecule has 0 amide bonds. The van der Waals surface area contributed by atoms with Crippen molar-refractivity contribution in [2.45, 2.75) is 33.6 Å². The second-order valence-corrected chi connectivity index (χ2v) is 4.88. The molecule has 0 aliphatic carbocycles. The Hall–Kier alpha value is -2.10. The summed E-state index contributed by atoms with van der Waals surface area (Å²) in [6.45, 7) is 6.12. The fraction of sp³-hybridized carbons (Fsp3) is 0.375. The van der Waals surface area contributed by atoms with Crippen molar-refractivity contribution in [1.82, 2.24) is 9.97 Å². The Morgan fingerprint density at radius 3 is 2.45 bits per heavy atom. The van der Waals surface area contributed by atoms with Crippen LogP contribution in [-0.4, -0.2) is 17.0 Å². The topological polar surface area (TPSA) is 49.8 Å². The maximum atomic E-state index is 4.52. The van der Waals surface area contributed by atoms with Crippen LogP contribution in [0.3, 0.4) is 0 Å². The summed E-state index contributed by atoms with van der Waals surface area (Å²) in [4.78, 5) is 8.91. The number of benzene rings is 1. The Balaban J connectivity index is 2.37. The van der Waals surface area contributed by atoms with E-state index in [4.69, 9.17) is 0 Å². The van der Waals surface area contributed by atoms with Gasteiger partial charge in [0.05, 0.1) is 0 Å². The molecule has 1 aromatic carbocycles. The van der Waals surface area contributed by atoms with Crippen LogP contribution in [0.25, 0.3) is 0 Å². The van der Waals surface area contributed by atoms with Gasteiger partial charge in [-0.3, -0.25) is 0 Å². The van der Waals surface area contributed by atoms with Gasteiger partial charge in [-0.25, -0.2) is 9.97 Å². The summed E-state index contributed by atoms with van der Waals surface area (Å²) in [5.41, 5.74) is 3.47. The summed E-state index contributed by atoms with van der Waals surface area (Å²) < 4.78 is 0. The summed E-state index contributed by atoms with van der Waals surface area (Å²) in [7, 11) is 1.88. The number of hydrogen-bond donors (Lipinski definition) is 2. The molecule has 2 aromatic rings. The number of para-hydroxylation sites is 1. The second-order valence-electron chi connectivity index (χ2n) is 4.88. The molecule has 0 fully saturated rings. The highest BCUT2D eigenvalue weighted by Crippen LogP contribution is 2.25. The maximum Gasteiger partial charge on any atom is 0.139 e. The summed E-state index contributed by atoms with van der Waals surface area (Å²) in [6.07, 6.45) is 2.19. The van der Waals surface area contributed by atoms with E-state index in [2.05, 4.69) is 45.7 Å². The van der Waals surface area contributed by atoms with E-state index in [1.54, 1.807) is 0 Å². The van der Waals surface area contributed by atoms with Gasteiger partial charge in [0.2, 0.25) is 0 Å². The number of aryl methyl sites for hydroxylation is 2. The highest BCUT2D eigenvalue weighted by Gasteiger charge is 2.09. The highest BCUT2D eigenvalue weighted by molar-refractivity contribution is 5.66. The van der Waals surface area contributed by atoms with Crippen molar-refractivity contribution in [1.29, 1.82) is 0 Å². The predicted molar refractivity (Wildman–Crippen MR) is 84.8 cm³/mol. The van der Waals surface area contributed by atoms with Gasteiger partial charge < -0.3 is 10.6 Å². The molecule has 0 saturated carbocycles. The van der Waals surface area contributed by atoms with Crippen LogP contribution in [0.2, 0.25) is 0 Å². The normalized spacial score (nSPS) is 10.4. The van der Waals surface area contributed by atoms with E-state index in [1.807, 2.05) is 27.0 Å². The average Bonchev–Trinajstić information content (AvgIpc) is 2.44. The number of aromatic nitrogens is 2. The van der Waals surface area contributed by atoms with Gasteiger partial charge in [-0.1, -0.05) is 31.5 Å². The smallest absolute Gasteiger partial charge is 0.139 e. The van der Waals surface area contributed by atoms with Crippen LogP contribution in [0.15, 0.2) is 24.3 Å². The summed E-state index contributed by atoms with van der Waals surface area (Å²) in [6, 6.07) is 8.38. The van der Waals surface area contributed by atoms with E-state index in [0.717, 1.165) is 41.6 Å². The molecule has 0 spiro atoms. The van der Waals surface area contributed by atoms with Crippen molar-refractivity contribution < 1.29 is 0 Å². The lowest BCUT2D eigenvalue weighted by atomic mass is 10.1. The van der Waals surface area contributed by atoms with Crippen LogP contribution in [0.4, 0.5) is 17.3 Å². The predicted octanol–water partition coefficient (Wildman–Crippen LogP) is 3.83. The van der Waals surface area contributed by atoms with Crippen molar-refractivity contribution >= 4 is 17.3 Å². The SMILES string of the molecule is CCCc1ccccc1Nc1nc(C)nc(NC)c1C. The van der Waals surface area contributed by atoms with Gasteiger partial charge >= 0.3 is 0 Å². The fourth-order valence-electron chi connectivity index (χ4n) is 2.25. The minimum atomic E-state index is 0.760. The van der Waals surface area contributed by atoms with Crippen molar-refractivity contribution in [2.75, 3.05) is 17.7 Å². The monoisotopic (exact) mass is 270 g/mol. The quantitative estimate of drug-likeness (QED) is 0.867. The zero-order valence-corrected chi connectivity index (χ0v) is 12.6. The van der Waals surface area contributed by atoms with Gasteiger partial charge in [0, 0.05) is 18.3 Å². The minimum absolute atomic E-state index is 0.760. The summed E-state index contributed by atoms with van der Waals surface area (Å²) in [5.74, 6) is 2.49. The summed E-state index contributed by atoms with van der Waals surface area (Å²) in [5, 5.41) is 6.56. The van der Waals surface area contributed by atoms with E-state index in [9.17, 15) is 0 Å². The first kappa shape index (κ1) is 14.3. The fourth-order valence-corrected chi connectivity index (χ4v) is 2.25. The van der Waals surface area contributed by atoms with Crippen LogP contribution >= 0.6 is 0 Å². The molecule has 4 nitrogen and oxygen atoms in total. The molecule has 0 atom stereocenters. The van der Waals surface area contributed by atoms with E-state index in [1.165, 1.54) is 5.56 Å². The molecule has 0 bridgehead atoms. The molecule has 20 heavy (non-hydrogen) atoms. The molecule has 1 heterocycles. The third kappa shape index (κ3) is 3.07. The van der Waals surface area contributed by atoms with Crippen LogP contribution < -0.4 is 10.6 Å². The first-order valence-corrected chi connectivity index (χ1v) is 7.03. The number of rotatable bonds is 5. The van der Waals surface area contributed by atoms with Crippen LogP contribution in [0.1, 0.15) is 30.3 Å². The number of hydrogen-bond acceptors (Lipinski definition) is 4. The van der Waals surface area contributed by atoms with Gasteiger partial charge in [0.1, 0.15) is 17.5 Å². The number of nitrogens with zero attached hydrogens (tertiary/aromatic N) is 2. The third-order valence-corrected chi connectivity index (χ3v) is 3.28. The second kappa shape index (κ2) is 6.37. The van der Waals surface area contributed by atoms with Crippen LogP contribution in [0, 0.1) is 13.8 Å². The Morgan fingerprint density at radius 2 is 1.75 bits per heavy atom.